The first-order valence-electron chi connectivity index (χ1n) is 9.39. The molecule has 0 radical (unpaired) electrons. The molecule has 4 rings (SSSR count). The predicted octanol–water partition coefficient (Wildman–Crippen LogP) is 4.08. The second kappa shape index (κ2) is 4.95. The summed E-state index contributed by atoms with van der Waals surface area (Å²) in [6.07, 6.45) is 10.3. The van der Waals surface area contributed by atoms with Crippen molar-refractivity contribution < 1.29 is 17.9 Å². The molecule has 4 heterocycles. The molecule has 0 unspecified atom stereocenters. The fourth-order valence-electron chi connectivity index (χ4n) is 5.72. The minimum atomic E-state index is -3.49. The average Bonchev–Trinajstić information content (AvgIpc) is 2.45. The van der Waals surface area contributed by atoms with Crippen LogP contribution in [0.5, 0.6) is 0 Å². The predicted molar refractivity (Wildman–Crippen MR) is 88.8 cm³/mol. The van der Waals surface area contributed by atoms with Crippen LogP contribution in [-0.4, -0.2) is 29.5 Å². The molecule has 4 nitrogen and oxygen atoms in total. The van der Waals surface area contributed by atoms with Gasteiger partial charge in [0.15, 0.2) is 9.87 Å². The van der Waals surface area contributed by atoms with Gasteiger partial charge in [0.1, 0.15) is 0 Å². The highest BCUT2D eigenvalue weighted by Crippen LogP contribution is 2.56. The molecule has 5 heteroatoms. The van der Waals surface area contributed by atoms with Gasteiger partial charge in [0.25, 0.3) is 0 Å². The summed E-state index contributed by atoms with van der Waals surface area (Å²) < 4.78 is 40.4. The Morgan fingerprint density at radius 3 is 1.22 bits per heavy atom. The molecule has 4 saturated heterocycles. The fraction of sp³-hybridized carbons (Fsp3) is 1.00. The van der Waals surface area contributed by atoms with Crippen LogP contribution >= 0.6 is 0 Å². The van der Waals surface area contributed by atoms with Crippen molar-refractivity contribution in [1.29, 1.82) is 0 Å². The van der Waals surface area contributed by atoms with E-state index in [0.717, 1.165) is 51.4 Å². The Kier molecular flexibility index (Phi) is 3.52. The third-order valence-electron chi connectivity index (χ3n) is 6.90. The minimum absolute atomic E-state index is 0.257. The zero-order valence-corrected chi connectivity index (χ0v) is 15.3. The Bertz CT molecular complexity index is 528. The largest absolute Gasteiger partial charge is 0.353 e. The maximum absolute atomic E-state index is 13.8. The lowest BCUT2D eigenvalue weighted by molar-refractivity contribution is -0.193. The van der Waals surface area contributed by atoms with Gasteiger partial charge >= 0.3 is 0 Å². The van der Waals surface area contributed by atoms with E-state index < -0.39 is 19.7 Å². The number of sulfone groups is 1. The van der Waals surface area contributed by atoms with Crippen LogP contribution < -0.4 is 0 Å². The minimum Gasteiger partial charge on any atom is -0.353 e. The maximum atomic E-state index is 13.8. The monoisotopic (exact) mass is 342 g/mol. The molecule has 4 bridgehead atoms. The van der Waals surface area contributed by atoms with E-state index in [2.05, 4.69) is 13.8 Å². The molecule has 0 amide bonds. The van der Waals surface area contributed by atoms with Crippen molar-refractivity contribution >= 4 is 9.84 Å². The van der Waals surface area contributed by atoms with Crippen molar-refractivity contribution in [3.63, 3.8) is 0 Å². The van der Waals surface area contributed by atoms with Crippen LogP contribution in [0.15, 0.2) is 0 Å². The smallest absolute Gasteiger partial charge is 0.209 e. The zero-order valence-electron chi connectivity index (χ0n) is 14.5. The number of hydrogen-bond donors (Lipinski definition) is 0. The summed E-state index contributed by atoms with van der Waals surface area (Å²) in [5.41, 5.74) is -0.514. The number of hydrogen-bond acceptors (Lipinski definition) is 4. The molecular weight excluding hydrogens is 312 g/mol. The highest BCUT2D eigenvalue weighted by atomic mass is 32.2. The summed E-state index contributed by atoms with van der Waals surface area (Å²) in [7, 11) is -3.49. The van der Waals surface area contributed by atoms with Gasteiger partial charge in [-0.2, -0.15) is 0 Å². The molecule has 0 aromatic carbocycles. The van der Waals surface area contributed by atoms with E-state index in [1.54, 1.807) is 0 Å². The van der Waals surface area contributed by atoms with E-state index in [9.17, 15) is 8.42 Å². The van der Waals surface area contributed by atoms with Gasteiger partial charge in [-0.3, -0.25) is 0 Å². The lowest BCUT2D eigenvalue weighted by atomic mass is 9.82. The summed E-state index contributed by atoms with van der Waals surface area (Å²) >= 11 is 0. The Labute approximate surface area is 140 Å². The lowest BCUT2D eigenvalue weighted by Gasteiger charge is -2.57. The fourth-order valence-corrected chi connectivity index (χ4v) is 8.67. The van der Waals surface area contributed by atoms with E-state index in [0.29, 0.717) is 25.7 Å². The van der Waals surface area contributed by atoms with Gasteiger partial charge in [0, 0.05) is 0 Å². The Balaban J connectivity index is 1.75. The van der Waals surface area contributed by atoms with Crippen molar-refractivity contribution in [3.8, 4) is 0 Å². The molecule has 0 aromatic rings. The van der Waals surface area contributed by atoms with Crippen LogP contribution in [-0.2, 0) is 19.3 Å². The van der Waals surface area contributed by atoms with E-state index in [-0.39, 0.29) is 11.2 Å². The van der Waals surface area contributed by atoms with Gasteiger partial charge < -0.3 is 9.47 Å². The van der Waals surface area contributed by atoms with Crippen molar-refractivity contribution in [2.75, 3.05) is 0 Å². The SMILES string of the molecule is CC12CCCC(S(=O)(=O)C34CCCC(C)(CCC3)O4)(CCC1)O2. The third kappa shape index (κ3) is 2.26. The van der Waals surface area contributed by atoms with Crippen molar-refractivity contribution in [3.05, 3.63) is 0 Å². The van der Waals surface area contributed by atoms with Gasteiger partial charge in [-0.15, -0.1) is 0 Å². The molecule has 0 N–H and O–H groups in total. The highest BCUT2D eigenvalue weighted by molar-refractivity contribution is 7.93. The number of rotatable bonds is 2. The topological polar surface area (TPSA) is 52.6 Å². The molecule has 23 heavy (non-hydrogen) atoms. The first kappa shape index (κ1) is 16.3. The summed E-state index contributed by atoms with van der Waals surface area (Å²) in [5.74, 6) is 0. The summed E-state index contributed by atoms with van der Waals surface area (Å²) in [5, 5.41) is 0. The molecule has 4 aliphatic heterocycles. The number of fused-ring (bicyclic) bond motifs is 4. The third-order valence-corrected chi connectivity index (χ3v) is 9.84. The molecule has 0 atom stereocenters. The normalized spacial score (nSPS) is 50.5. The van der Waals surface area contributed by atoms with Gasteiger partial charge in [-0.05, 0) is 90.9 Å². The number of ether oxygens (including phenoxy) is 2. The van der Waals surface area contributed by atoms with Crippen molar-refractivity contribution in [2.24, 2.45) is 0 Å². The van der Waals surface area contributed by atoms with Crippen LogP contribution in [0, 0.1) is 0 Å². The highest BCUT2D eigenvalue weighted by Gasteiger charge is 2.64. The first-order chi connectivity index (χ1) is 10.7. The van der Waals surface area contributed by atoms with E-state index >= 15 is 0 Å². The molecule has 132 valence electrons. The van der Waals surface area contributed by atoms with Gasteiger partial charge in [0.2, 0.25) is 9.84 Å². The van der Waals surface area contributed by atoms with Crippen molar-refractivity contribution in [1.82, 2.24) is 0 Å². The molecule has 0 aromatic heterocycles. The van der Waals surface area contributed by atoms with Crippen molar-refractivity contribution in [2.45, 2.75) is 112 Å². The first-order valence-corrected chi connectivity index (χ1v) is 10.9. The second-order valence-corrected chi connectivity index (χ2v) is 11.3. The molecule has 0 spiro atoms. The zero-order chi connectivity index (χ0) is 16.4. The van der Waals surface area contributed by atoms with Gasteiger partial charge in [-0.1, -0.05) is 0 Å². The maximum Gasteiger partial charge on any atom is 0.209 e. The van der Waals surface area contributed by atoms with Crippen LogP contribution in [0.4, 0.5) is 0 Å². The van der Waals surface area contributed by atoms with Gasteiger partial charge in [0.05, 0.1) is 11.2 Å². The molecule has 4 fully saturated rings. The Hall–Kier alpha value is -0.130. The van der Waals surface area contributed by atoms with Crippen LogP contribution in [0.1, 0.15) is 90.9 Å². The lowest BCUT2D eigenvalue weighted by Crippen LogP contribution is -2.64. The molecular formula is C18H30O4S. The Morgan fingerprint density at radius 2 is 0.913 bits per heavy atom. The van der Waals surface area contributed by atoms with E-state index in [1.165, 1.54) is 0 Å². The second-order valence-electron chi connectivity index (χ2n) is 8.84. The van der Waals surface area contributed by atoms with Crippen LogP contribution in [0.2, 0.25) is 0 Å². The summed E-state index contributed by atoms with van der Waals surface area (Å²) in [6, 6.07) is 0. The Morgan fingerprint density at radius 1 is 0.609 bits per heavy atom. The average molecular weight is 343 g/mol. The molecule has 0 aliphatic carbocycles. The van der Waals surface area contributed by atoms with Gasteiger partial charge in [-0.25, -0.2) is 8.42 Å². The summed E-state index contributed by atoms with van der Waals surface area (Å²) in [4.78, 5) is -1.98. The van der Waals surface area contributed by atoms with E-state index in [1.807, 2.05) is 0 Å². The molecule has 4 aliphatic rings. The molecule has 0 saturated carbocycles. The van der Waals surface area contributed by atoms with Crippen LogP contribution in [0.25, 0.3) is 0 Å². The van der Waals surface area contributed by atoms with E-state index in [4.69, 9.17) is 9.47 Å². The quantitative estimate of drug-likeness (QED) is 0.759. The summed E-state index contributed by atoms with van der Waals surface area (Å²) in [6.45, 7) is 4.19. The standard InChI is InChI=1S/C18H30O4S/c1-15-7-3-11-17(21-15,12-4-8-15)23(19,20)18-13-5-9-16(2,22-18)10-6-14-18/h3-14H2,1-2H3. The van der Waals surface area contributed by atoms with Crippen LogP contribution in [0.3, 0.4) is 0 Å².